The molecule has 1 N–H and O–H groups in total. The number of hydrogen-bond donors (Lipinski definition) is 1. The van der Waals surface area contributed by atoms with E-state index >= 15 is 0 Å². The zero-order valence-electron chi connectivity index (χ0n) is 20.0. The Hall–Kier alpha value is -2.98. The molecule has 3 aromatic carbocycles. The molecule has 0 bridgehead atoms. The third-order valence-electron chi connectivity index (χ3n) is 6.38. The average Bonchev–Trinajstić information content (AvgIpc) is 2.92. The normalized spacial score (nSPS) is 18.4. The Morgan fingerprint density at radius 3 is 2.53 bits per heavy atom. The molecule has 2 atom stereocenters. The summed E-state index contributed by atoms with van der Waals surface area (Å²) in [5.41, 5.74) is 1.19. The standard InChI is InChI=1S/C26H26ClFN2O5S/c1-4-35-16(2)24-15-30(18-8-6-5-7-9-18)23-14-21(27)19(13-25(23)36(33,34)29(24)3)17-10-11-22(28)20(12-17)26(31)32/h5-14,16,24H,4,15H2,1-3H3,(H,31,32)/t16-,24-/m0/s1. The SMILES string of the molecule is CCO[C@@H](C)[C@@H]1CN(c2ccccc2)c2cc(Cl)c(-c3ccc(F)c(C(=O)O)c3)cc2S(=O)(=O)N1C. The Morgan fingerprint density at radius 1 is 1.19 bits per heavy atom. The van der Waals surface area contributed by atoms with E-state index in [9.17, 15) is 22.7 Å². The molecule has 10 heteroatoms. The number of fused-ring (bicyclic) bond motifs is 1. The third-order valence-corrected chi connectivity index (χ3v) is 8.60. The molecule has 7 nitrogen and oxygen atoms in total. The minimum atomic E-state index is -4.03. The molecule has 190 valence electrons. The fourth-order valence-corrected chi connectivity index (χ4v) is 6.31. The Balaban J connectivity index is 1.97. The van der Waals surface area contributed by atoms with Crippen LogP contribution in [0.5, 0.6) is 0 Å². The van der Waals surface area contributed by atoms with Crippen LogP contribution in [-0.4, -0.2) is 56.1 Å². The molecule has 4 rings (SSSR count). The van der Waals surface area contributed by atoms with Crippen LogP contribution in [0.3, 0.4) is 0 Å². The highest BCUT2D eigenvalue weighted by atomic mass is 35.5. The maximum Gasteiger partial charge on any atom is 0.338 e. The maximum atomic E-state index is 14.0. The van der Waals surface area contributed by atoms with Gasteiger partial charge in [0.2, 0.25) is 10.0 Å². The quantitative estimate of drug-likeness (QED) is 0.457. The van der Waals surface area contributed by atoms with Crippen LogP contribution in [0, 0.1) is 5.82 Å². The van der Waals surface area contributed by atoms with Crippen molar-refractivity contribution < 1.29 is 27.4 Å². The summed E-state index contributed by atoms with van der Waals surface area (Å²) in [6.45, 7) is 4.43. The van der Waals surface area contributed by atoms with Crippen LogP contribution in [0.15, 0.2) is 65.6 Å². The number of nitrogens with zero attached hydrogens (tertiary/aromatic N) is 2. The van der Waals surface area contributed by atoms with Crippen LogP contribution in [0.4, 0.5) is 15.8 Å². The van der Waals surface area contributed by atoms with Gasteiger partial charge < -0.3 is 14.7 Å². The van der Waals surface area contributed by atoms with E-state index in [1.807, 2.05) is 49.1 Å². The molecule has 0 fully saturated rings. The van der Waals surface area contributed by atoms with Crippen molar-refractivity contribution in [3.05, 3.63) is 77.1 Å². The minimum Gasteiger partial charge on any atom is -0.478 e. The number of carbonyl (C=O) groups is 1. The molecule has 0 saturated carbocycles. The molecule has 1 aliphatic heterocycles. The molecule has 0 aromatic heterocycles. The number of benzene rings is 3. The molecule has 1 aliphatic rings. The van der Waals surface area contributed by atoms with E-state index in [-0.39, 0.29) is 21.0 Å². The number of carboxylic acids is 1. The number of anilines is 2. The van der Waals surface area contributed by atoms with Gasteiger partial charge in [-0.1, -0.05) is 35.9 Å². The largest absolute Gasteiger partial charge is 0.478 e. The van der Waals surface area contributed by atoms with Gasteiger partial charge in [-0.15, -0.1) is 0 Å². The van der Waals surface area contributed by atoms with Crippen LogP contribution in [0.25, 0.3) is 11.1 Å². The van der Waals surface area contributed by atoms with E-state index in [1.54, 1.807) is 6.07 Å². The van der Waals surface area contributed by atoms with Gasteiger partial charge in [0.25, 0.3) is 0 Å². The summed E-state index contributed by atoms with van der Waals surface area (Å²) in [4.78, 5) is 13.4. The second-order valence-corrected chi connectivity index (χ2v) is 10.9. The summed E-state index contributed by atoms with van der Waals surface area (Å²) >= 11 is 6.65. The van der Waals surface area contributed by atoms with E-state index in [1.165, 1.54) is 23.5 Å². The molecule has 3 aromatic rings. The summed E-state index contributed by atoms with van der Waals surface area (Å²) < 4.78 is 48.9. The Bertz CT molecular complexity index is 1400. The highest BCUT2D eigenvalue weighted by Crippen LogP contribution is 2.43. The fourth-order valence-electron chi connectivity index (χ4n) is 4.44. The van der Waals surface area contributed by atoms with Gasteiger partial charge in [0.05, 0.1) is 28.4 Å². The number of para-hydroxylation sites is 1. The van der Waals surface area contributed by atoms with Crippen LogP contribution >= 0.6 is 11.6 Å². The first kappa shape index (κ1) is 26.1. The lowest BCUT2D eigenvalue weighted by Gasteiger charge is -2.33. The summed E-state index contributed by atoms with van der Waals surface area (Å²) in [6.07, 6.45) is -0.402. The van der Waals surface area contributed by atoms with Gasteiger partial charge in [-0.05, 0) is 55.8 Å². The van der Waals surface area contributed by atoms with E-state index in [2.05, 4.69) is 0 Å². The Morgan fingerprint density at radius 2 is 1.89 bits per heavy atom. The smallest absolute Gasteiger partial charge is 0.338 e. The molecular formula is C26H26ClFN2O5S. The highest BCUT2D eigenvalue weighted by Gasteiger charge is 2.40. The second-order valence-electron chi connectivity index (χ2n) is 8.49. The molecule has 0 spiro atoms. The van der Waals surface area contributed by atoms with Gasteiger partial charge >= 0.3 is 5.97 Å². The Labute approximate surface area is 214 Å². The zero-order valence-corrected chi connectivity index (χ0v) is 21.6. The first-order chi connectivity index (χ1) is 17.1. The maximum absolute atomic E-state index is 14.0. The van der Waals surface area contributed by atoms with Crippen molar-refractivity contribution in [2.75, 3.05) is 25.1 Å². The van der Waals surface area contributed by atoms with Crippen molar-refractivity contribution in [1.29, 1.82) is 0 Å². The number of likely N-dealkylation sites (N-methyl/N-ethyl adjacent to an activating group) is 1. The number of rotatable bonds is 6. The first-order valence-corrected chi connectivity index (χ1v) is 13.2. The number of halogens is 2. The third kappa shape index (κ3) is 4.71. The van der Waals surface area contributed by atoms with E-state index in [0.29, 0.717) is 18.8 Å². The van der Waals surface area contributed by atoms with Crippen molar-refractivity contribution in [3.8, 4) is 11.1 Å². The lowest BCUT2D eigenvalue weighted by Crippen LogP contribution is -2.48. The topological polar surface area (TPSA) is 87.1 Å². The molecule has 0 saturated heterocycles. The fraction of sp³-hybridized carbons (Fsp3) is 0.269. The number of carboxylic acid groups (broad SMARTS) is 1. The van der Waals surface area contributed by atoms with Gasteiger partial charge in [-0.2, -0.15) is 4.31 Å². The van der Waals surface area contributed by atoms with Gasteiger partial charge in [-0.25, -0.2) is 17.6 Å². The van der Waals surface area contributed by atoms with E-state index in [4.69, 9.17) is 16.3 Å². The number of hydrogen-bond acceptors (Lipinski definition) is 5. The molecule has 36 heavy (non-hydrogen) atoms. The van der Waals surface area contributed by atoms with Crippen LogP contribution in [0.1, 0.15) is 24.2 Å². The van der Waals surface area contributed by atoms with Gasteiger partial charge in [0, 0.05) is 31.5 Å². The van der Waals surface area contributed by atoms with Crippen LogP contribution in [-0.2, 0) is 14.8 Å². The van der Waals surface area contributed by atoms with E-state index in [0.717, 1.165) is 17.8 Å². The summed E-state index contributed by atoms with van der Waals surface area (Å²) in [7, 11) is -2.51. The molecule has 0 unspecified atom stereocenters. The summed E-state index contributed by atoms with van der Waals surface area (Å²) in [6, 6.07) is 15.4. The van der Waals surface area contributed by atoms with Crippen molar-refractivity contribution in [1.82, 2.24) is 4.31 Å². The van der Waals surface area contributed by atoms with Crippen molar-refractivity contribution >= 4 is 39.0 Å². The highest BCUT2D eigenvalue weighted by molar-refractivity contribution is 7.89. The van der Waals surface area contributed by atoms with Crippen molar-refractivity contribution in [3.63, 3.8) is 0 Å². The van der Waals surface area contributed by atoms with Crippen molar-refractivity contribution in [2.24, 2.45) is 0 Å². The number of sulfonamides is 1. The predicted octanol–water partition coefficient (Wildman–Crippen LogP) is 5.41. The average molecular weight is 533 g/mol. The minimum absolute atomic E-state index is 0.000603. The summed E-state index contributed by atoms with van der Waals surface area (Å²) in [5.74, 6) is -2.33. The monoisotopic (exact) mass is 532 g/mol. The summed E-state index contributed by atoms with van der Waals surface area (Å²) in [5, 5.41) is 9.55. The molecule has 0 aliphatic carbocycles. The number of ether oxygens (including phenoxy) is 1. The van der Waals surface area contributed by atoms with Crippen molar-refractivity contribution in [2.45, 2.75) is 30.9 Å². The molecule has 0 amide bonds. The predicted molar refractivity (Wildman–Crippen MR) is 137 cm³/mol. The van der Waals surface area contributed by atoms with Gasteiger partial charge in [0.1, 0.15) is 10.7 Å². The lowest BCUT2D eigenvalue weighted by molar-refractivity contribution is 0.0337. The first-order valence-electron chi connectivity index (χ1n) is 11.3. The molecule has 0 radical (unpaired) electrons. The van der Waals surface area contributed by atoms with Gasteiger partial charge in [-0.3, -0.25) is 0 Å². The van der Waals surface area contributed by atoms with Crippen LogP contribution < -0.4 is 4.90 Å². The van der Waals surface area contributed by atoms with Gasteiger partial charge in [0.15, 0.2) is 0 Å². The number of aromatic carboxylic acids is 1. The second kappa shape index (κ2) is 10.2. The zero-order chi connectivity index (χ0) is 26.2. The Kier molecular flexibility index (Phi) is 7.38. The molecule has 1 heterocycles. The lowest BCUT2D eigenvalue weighted by atomic mass is 10.0. The van der Waals surface area contributed by atoms with Crippen LogP contribution in [0.2, 0.25) is 5.02 Å². The van der Waals surface area contributed by atoms with E-state index < -0.39 is 39.5 Å². The molecular weight excluding hydrogens is 507 g/mol.